The fourth-order valence-corrected chi connectivity index (χ4v) is 3.28. The number of ether oxygens (including phenoxy) is 1. The van der Waals surface area contributed by atoms with Crippen LogP contribution in [0.3, 0.4) is 0 Å². The average Bonchev–Trinajstić information content (AvgIpc) is 3.08. The van der Waals surface area contributed by atoms with E-state index in [1.807, 2.05) is 36.4 Å². The number of rotatable bonds is 7. The highest BCUT2D eigenvalue weighted by Gasteiger charge is 2.34. The van der Waals surface area contributed by atoms with Crippen LogP contribution in [-0.2, 0) is 16.0 Å². The van der Waals surface area contributed by atoms with Crippen LogP contribution in [0.2, 0.25) is 5.02 Å². The molecule has 1 aliphatic rings. The van der Waals surface area contributed by atoms with Crippen molar-refractivity contribution in [2.75, 3.05) is 24.6 Å². The first-order valence-electron chi connectivity index (χ1n) is 9.13. The molecule has 0 bridgehead atoms. The summed E-state index contributed by atoms with van der Waals surface area (Å²) in [6, 6.07) is 15.1. The number of amides is 2. The lowest BCUT2D eigenvalue weighted by atomic mass is 10.1. The molecule has 1 fully saturated rings. The Morgan fingerprint density at radius 1 is 1.22 bits per heavy atom. The Morgan fingerprint density at radius 2 is 1.96 bits per heavy atom. The lowest BCUT2D eigenvalue weighted by Gasteiger charge is -2.17. The van der Waals surface area contributed by atoms with Gasteiger partial charge in [0.05, 0.1) is 17.5 Å². The van der Waals surface area contributed by atoms with Gasteiger partial charge in [-0.05, 0) is 36.2 Å². The van der Waals surface area contributed by atoms with Gasteiger partial charge in [-0.15, -0.1) is 0 Å². The van der Waals surface area contributed by atoms with E-state index < -0.39 is 0 Å². The van der Waals surface area contributed by atoms with Gasteiger partial charge in [-0.2, -0.15) is 0 Å². The van der Waals surface area contributed by atoms with E-state index in [1.54, 1.807) is 17.0 Å². The number of halogens is 1. The van der Waals surface area contributed by atoms with Crippen molar-refractivity contribution in [3.63, 3.8) is 0 Å². The van der Waals surface area contributed by atoms with Gasteiger partial charge in [-0.1, -0.05) is 42.8 Å². The van der Waals surface area contributed by atoms with E-state index in [4.69, 9.17) is 16.3 Å². The first-order chi connectivity index (χ1) is 13.1. The predicted octanol–water partition coefficient (Wildman–Crippen LogP) is 3.45. The molecule has 2 amide bonds. The number of para-hydroxylation sites is 1. The zero-order chi connectivity index (χ0) is 19.2. The van der Waals surface area contributed by atoms with E-state index in [2.05, 4.69) is 12.2 Å². The fraction of sp³-hybridized carbons (Fsp3) is 0.333. The van der Waals surface area contributed by atoms with Gasteiger partial charge in [0, 0.05) is 18.7 Å². The quantitative estimate of drug-likeness (QED) is 0.741. The molecule has 0 aromatic heterocycles. The summed E-state index contributed by atoms with van der Waals surface area (Å²) in [6.45, 7) is 3.17. The zero-order valence-electron chi connectivity index (χ0n) is 15.3. The summed E-state index contributed by atoms with van der Waals surface area (Å²) in [5, 5.41) is 3.38. The van der Waals surface area contributed by atoms with E-state index >= 15 is 0 Å². The van der Waals surface area contributed by atoms with Crippen molar-refractivity contribution in [3.8, 4) is 5.75 Å². The van der Waals surface area contributed by atoms with E-state index in [1.165, 1.54) is 5.56 Å². The number of anilines is 1. The molecule has 0 radical (unpaired) electrons. The molecule has 3 rings (SSSR count). The smallest absolute Gasteiger partial charge is 0.227 e. The number of benzene rings is 2. The summed E-state index contributed by atoms with van der Waals surface area (Å²) in [5.74, 6) is 0.0975. The minimum atomic E-state index is -0.344. The number of nitrogens with zero attached hydrogens (tertiary/aromatic N) is 1. The highest BCUT2D eigenvalue weighted by molar-refractivity contribution is 6.32. The van der Waals surface area contributed by atoms with Gasteiger partial charge >= 0.3 is 0 Å². The van der Waals surface area contributed by atoms with Gasteiger partial charge in [0.2, 0.25) is 11.8 Å². The normalized spacial score (nSPS) is 16.4. The lowest BCUT2D eigenvalue weighted by Crippen LogP contribution is -2.35. The van der Waals surface area contributed by atoms with E-state index in [9.17, 15) is 9.59 Å². The van der Waals surface area contributed by atoms with Crippen LogP contribution in [-0.4, -0.2) is 31.5 Å². The van der Waals surface area contributed by atoms with Crippen LogP contribution in [0.15, 0.2) is 48.5 Å². The van der Waals surface area contributed by atoms with Crippen molar-refractivity contribution in [2.24, 2.45) is 5.92 Å². The molecule has 0 unspecified atom stereocenters. The molecule has 6 heteroatoms. The molecular weight excluding hydrogens is 364 g/mol. The summed E-state index contributed by atoms with van der Waals surface area (Å²) in [5.41, 5.74) is 2.06. The Balaban J connectivity index is 1.48. The van der Waals surface area contributed by atoms with Crippen molar-refractivity contribution >= 4 is 29.1 Å². The minimum Gasteiger partial charge on any atom is -0.490 e. The van der Waals surface area contributed by atoms with Crippen molar-refractivity contribution in [3.05, 3.63) is 59.1 Å². The Kier molecular flexibility index (Phi) is 6.35. The molecule has 1 atom stereocenters. The molecule has 1 heterocycles. The maximum Gasteiger partial charge on any atom is 0.227 e. The van der Waals surface area contributed by atoms with Crippen molar-refractivity contribution in [1.29, 1.82) is 0 Å². The minimum absolute atomic E-state index is 0.0216. The topological polar surface area (TPSA) is 58.6 Å². The van der Waals surface area contributed by atoms with Gasteiger partial charge in [0.25, 0.3) is 0 Å². The van der Waals surface area contributed by atoms with Crippen molar-refractivity contribution in [2.45, 2.75) is 19.8 Å². The number of carbonyl (C=O) groups is 2. The van der Waals surface area contributed by atoms with E-state index in [0.29, 0.717) is 30.5 Å². The fourth-order valence-electron chi connectivity index (χ4n) is 3.09. The van der Waals surface area contributed by atoms with Crippen LogP contribution in [0.5, 0.6) is 5.75 Å². The predicted molar refractivity (Wildman–Crippen MR) is 106 cm³/mol. The molecule has 1 aliphatic heterocycles. The lowest BCUT2D eigenvalue weighted by molar-refractivity contribution is -0.126. The second kappa shape index (κ2) is 8.91. The van der Waals surface area contributed by atoms with Crippen LogP contribution < -0.4 is 15.0 Å². The largest absolute Gasteiger partial charge is 0.490 e. The Bertz CT molecular complexity index is 807. The molecule has 1 saturated heterocycles. The Hall–Kier alpha value is -2.53. The highest BCUT2D eigenvalue weighted by Crippen LogP contribution is 2.26. The number of hydrogen-bond acceptors (Lipinski definition) is 3. The van der Waals surface area contributed by atoms with Gasteiger partial charge in [0.1, 0.15) is 12.4 Å². The molecule has 0 spiro atoms. The molecule has 2 aromatic rings. The summed E-state index contributed by atoms with van der Waals surface area (Å²) in [6.07, 6.45) is 1.18. The summed E-state index contributed by atoms with van der Waals surface area (Å²) in [7, 11) is 0. The van der Waals surface area contributed by atoms with Gasteiger partial charge in [-0.3, -0.25) is 9.59 Å². The molecule has 1 N–H and O–H groups in total. The Morgan fingerprint density at radius 3 is 2.67 bits per heavy atom. The van der Waals surface area contributed by atoms with Gasteiger partial charge in [-0.25, -0.2) is 0 Å². The van der Waals surface area contributed by atoms with Crippen LogP contribution >= 0.6 is 11.6 Å². The molecule has 5 nitrogen and oxygen atoms in total. The summed E-state index contributed by atoms with van der Waals surface area (Å²) in [4.78, 5) is 26.4. The molecule has 0 aliphatic carbocycles. The van der Waals surface area contributed by atoms with Crippen molar-refractivity contribution in [1.82, 2.24) is 5.32 Å². The average molecular weight is 387 g/mol. The third kappa shape index (κ3) is 4.80. The SMILES string of the molecule is CCc1ccc(N2C[C@@H](C(=O)NCCOc3ccccc3Cl)CC2=O)cc1. The Labute approximate surface area is 164 Å². The second-order valence-corrected chi connectivity index (χ2v) is 6.90. The summed E-state index contributed by atoms with van der Waals surface area (Å²) < 4.78 is 5.56. The first-order valence-corrected chi connectivity index (χ1v) is 9.50. The third-order valence-electron chi connectivity index (χ3n) is 4.65. The maximum absolute atomic E-state index is 12.4. The number of nitrogens with one attached hydrogen (secondary N) is 1. The molecule has 0 saturated carbocycles. The van der Waals surface area contributed by atoms with Gasteiger partial charge in [0.15, 0.2) is 0 Å². The van der Waals surface area contributed by atoms with Gasteiger partial charge < -0.3 is 15.0 Å². The van der Waals surface area contributed by atoms with Crippen molar-refractivity contribution < 1.29 is 14.3 Å². The molecule has 27 heavy (non-hydrogen) atoms. The van der Waals surface area contributed by atoms with Crippen LogP contribution in [0.25, 0.3) is 0 Å². The zero-order valence-corrected chi connectivity index (χ0v) is 16.0. The second-order valence-electron chi connectivity index (χ2n) is 6.50. The number of hydrogen-bond donors (Lipinski definition) is 1. The number of carbonyl (C=O) groups excluding carboxylic acids is 2. The van der Waals surface area contributed by atoms with Crippen LogP contribution in [0.4, 0.5) is 5.69 Å². The molecule has 142 valence electrons. The monoisotopic (exact) mass is 386 g/mol. The van der Waals surface area contributed by atoms with E-state index in [0.717, 1.165) is 12.1 Å². The highest BCUT2D eigenvalue weighted by atomic mass is 35.5. The number of aryl methyl sites for hydroxylation is 1. The van der Waals surface area contributed by atoms with Crippen LogP contribution in [0.1, 0.15) is 18.9 Å². The standard InChI is InChI=1S/C21H23ClN2O3/c1-2-15-7-9-17(10-8-15)24-14-16(13-20(24)25)21(26)23-11-12-27-19-6-4-3-5-18(19)22/h3-10,16H,2,11-14H2,1H3,(H,23,26)/t16-/m0/s1. The summed E-state index contributed by atoms with van der Waals surface area (Å²) >= 11 is 6.02. The maximum atomic E-state index is 12.4. The van der Waals surface area contributed by atoms with E-state index in [-0.39, 0.29) is 24.2 Å². The first kappa shape index (κ1) is 19.2. The molecular formula is C21H23ClN2O3. The molecule has 2 aromatic carbocycles. The van der Waals surface area contributed by atoms with Crippen LogP contribution in [0, 0.1) is 5.92 Å². The third-order valence-corrected chi connectivity index (χ3v) is 4.96.